The summed E-state index contributed by atoms with van der Waals surface area (Å²) in [7, 11) is 0. The van der Waals surface area contributed by atoms with Crippen molar-refractivity contribution in [3.63, 3.8) is 0 Å². The van der Waals surface area contributed by atoms with E-state index in [2.05, 4.69) is 19.2 Å². The molecule has 1 aliphatic heterocycles. The molecular formula is C14H25NO4. The average molecular weight is 271 g/mol. The molecule has 19 heavy (non-hydrogen) atoms. The number of ether oxygens (including phenoxy) is 2. The first-order valence-electron chi connectivity index (χ1n) is 6.99. The Morgan fingerprint density at radius 2 is 2.16 bits per heavy atom. The molecule has 110 valence electrons. The molecule has 0 bridgehead atoms. The number of esters is 1. The second kappa shape index (κ2) is 8.15. The van der Waals surface area contributed by atoms with Crippen molar-refractivity contribution in [2.75, 3.05) is 19.8 Å². The number of carbonyl (C=O) groups excluding carboxylic acids is 2. The Hall–Kier alpha value is -1.10. The lowest BCUT2D eigenvalue weighted by atomic mass is 9.94. The van der Waals surface area contributed by atoms with Crippen molar-refractivity contribution in [2.24, 2.45) is 11.8 Å². The van der Waals surface area contributed by atoms with Gasteiger partial charge >= 0.3 is 5.97 Å². The van der Waals surface area contributed by atoms with Gasteiger partial charge in [-0.15, -0.1) is 0 Å². The Balaban J connectivity index is 2.36. The van der Waals surface area contributed by atoms with E-state index in [0.717, 1.165) is 12.8 Å². The zero-order valence-electron chi connectivity index (χ0n) is 12.1. The summed E-state index contributed by atoms with van der Waals surface area (Å²) in [5.74, 6) is 0.373. The molecule has 1 unspecified atom stereocenters. The molecule has 5 nitrogen and oxygen atoms in total. The highest BCUT2D eigenvalue weighted by Gasteiger charge is 2.22. The molecule has 0 aliphatic carbocycles. The van der Waals surface area contributed by atoms with Crippen LogP contribution < -0.4 is 5.32 Å². The Morgan fingerprint density at radius 1 is 1.42 bits per heavy atom. The summed E-state index contributed by atoms with van der Waals surface area (Å²) in [5.41, 5.74) is 0. The molecule has 0 aromatic rings. The minimum atomic E-state index is -0.188. The van der Waals surface area contributed by atoms with Gasteiger partial charge < -0.3 is 14.8 Å². The van der Waals surface area contributed by atoms with E-state index in [1.54, 1.807) is 0 Å². The number of rotatable bonds is 7. The van der Waals surface area contributed by atoms with Gasteiger partial charge in [-0.3, -0.25) is 9.59 Å². The Bertz CT molecular complexity index is 298. The normalized spacial score (nSPS) is 20.3. The summed E-state index contributed by atoms with van der Waals surface area (Å²) in [6.07, 6.45) is 1.95. The highest BCUT2D eigenvalue weighted by Crippen LogP contribution is 2.17. The average Bonchev–Trinajstić information content (AvgIpc) is 2.77. The third kappa shape index (κ3) is 7.15. The van der Waals surface area contributed by atoms with Crippen LogP contribution >= 0.6 is 0 Å². The number of hydrogen-bond acceptors (Lipinski definition) is 4. The van der Waals surface area contributed by atoms with Crippen molar-refractivity contribution in [1.29, 1.82) is 0 Å². The van der Waals surface area contributed by atoms with Gasteiger partial charge in [0.2, 0.25) is 5.91 Å². The summed E-state index contributed by atoms with van der Waals surface area (Å²) in [4.78, 5) is 22.8. The van der Waals surface area contributed by atoms with Crippen LogP contribution in [0.2, 0.25) is 0 Å². The summed E-state index contributed by atoms with van der Waals surface area (Å²) < 4.78 is 10.5. The first kappa shape index (κ1) is 16.0. The van der Waals surface area contributed by atoms with E-state index in [0.29, 0.717) is 32.1 Å². The van der Waals surface area contributed by atoms with Crippen LogP contribution in [0.3, 0.4) is 0 Å². The van der Waals surface area contributed by atoms with E-state index in [-0.39, 0.29) is 23.9 Å². The highest BCUT2D eigenvalue weighted by molar-refractivity contribution is 5.73. The Labute approximate surface area is 115 Å². The summed E-state index contributed by atoms with van der Waals surface area (Å²) in [6.45, 7) is 7.41. The van der Waals surface area contributed by atoms with E-state index >= 15 is 0 Å². The lowest BCUT2D eigenvalue weighted by Gasteiger charge is -2.19. The molecule has 2 atom stereocenters. The fraction of sp³-hybridized carbons (Fsp3) is 0.857. The molecule has 1 amide bonds. The summed E-state index contributed by atoms with van der Waals surface area (Å²) in [5, 5.41) is 2.78. The predicted octanol–water partition coefficient (Wildman–Crippen LogP) is 1.51. The van der Waals surface area contributed by atoms with Crippen LogP contribution in [0.1, 0.15) is 40.0 Å². The standard InChI is InChI=1S/C14H25NO4/c1-10(2)6-12(8-15-11(3)16)7-14(17)19-13-4-5-18-9-13/h10,12-13H,4-9H2,1-3H3,(H,15,16)/t12-,13?/m0/s1. The SMILES string of the molecule is CC(=O)NC[C@H](CC(=O)OC1CCOC1)CC(C)C. The van der Waals surface area contributed by atoms with Gasteiger partial charge in [-0.2, -0.15) is 0 Å². The second-order valence-corrected chi connectivity index (χ2v) is 5.61. The Kier molecular flexibility index (Phi) is 6.84. The third-order valence-corrected chi connectivity index (χ3v) is 3.09. The molecule has 1 rings (SSSR count). The van der Waals surface area contributed by atoms with Gasteiger partial charge in [0.25, 0.3) is 0 Å². The molecule has 0 aromatic carbocycles. The molecule has 1 aliphatic rings. The zero-order chi connectivity index (χ0) is 14.3. The minimum Gasteiger partial charge on any atom is -0.460 e. The van der Waals surface area contributed by atoms with Crippen LogP contribution in [-0.2, 0) is 19.1 Å². The smallest absolute Gasteiger partial charge is 0.306 e. The van der Waals surface area contributed by atoms with Crippen LogP contribution in [0.5, 0.6) is 0 Å². The maximum atomic E-state index is 11.8. The van der Waals surface area contributed by atoms with Crippen molar-refractivity contribution in [3.05, 3.63) is 0 Å². The first-order valence-corrected chi connectivity index (χ1v) is 6.99. The molecule has 0 radical (unpaired) electrons. The molecule has 0 saturated carbocycles. The van der Waals surface area contributed by atoms with Gasteiger partial charge in [0.1, 0.15) is 6.10 Å². The van der Waals surface area contributed by atoms with Crippen molar-refractivity contribution in [1.82, 2.24) is 5.32 Å². The van der Waals surface area contributed by atoms with Crippen LogP contribution in [0.4, 0.5) is 0 Å². The van der Waals surface area contributed by atoms with Crippen molar-refractivity contribution < 1.29 is 19.1 Å². The molecule has 0 aromatic heterocycles. The lowest BCUT2D eigenvalue weighted by molar-refractivity contribution is -0.150. The van der Waals surface area contributed by atoms with Crippen LogP contribution in [0.25, 0.3) is 0 Å². The van der Waals surface area contributed by atoms with E-state index in [4.69, 9.17) is 9.47 Å². The maximum Gasteiger partial charge on any atom is 0.306 e. The molecular weight excluding hydrogens is 246 g/mol. The Morgan fingerprint density at radius 3 is 2.68 bits per heavy atom. The van der Waals surface area contributed by atoms with Gasteiger partial charge in [-0.25, -0.2) is 0 Å². The quantitative estimate of drug-likeness (QED) is 0.713. The minimum absolute atomic E-state index is 0.0636. The molecule has 1 saturated heterocycles. The highest BCUT2D eigenvalue weighted by atomic mass is 16.6. The number of carbonyl (C=O) groups is 2. The summed E-state index contributed by atoms with van der Waals surface area (Å²) in [6, 6.07) is 0. The van der Waals surface area contributed by atoms with E-state index in [1.807, 2.05) is 0 Å². The first-order chi connectivity index (χ1) is 8.97. The van der Waals surface area contributed by atoms with Crippen molar-refractivity contribution in [2.45, 2.75) is 46.1 Å². The van der Waals surface area contributed by atoms with Crippen LogP contribution in [-0.4, -0.2) is 37.7 Å². The van der Waals surface area contributed by atoms with Gasteiger partial charge in [0.05, 0.1) is 19.6 Å². The molecule has 1 heterocycles. The van der Waals surface area contributed by atoms with Gasteiger partial charge in [0.15, 0.2) is 0 Å². The van der Waals surface area contributed by atoms with E-state index < -0.39 is 0 Å². The fourth-order valence-corrected chi connectivity index (χ4v) is 2.27. The van der Waals surface area contributed by atoms with Gasteiger partial charge in [-0.1, -0.05) is 13.8 Å². The third-order valence-electron chi connectivity index (χ3n) is 3.09. The van der Waals surface area contributed by atoms with Gasteiger partial charge in [0, 0.05) is 19.9 Å². The van der Waals surface area contributed by atoms with E-state index in [9.17, 15) is 9.59 Å². The number of amides is 1. The molecule has 1 fully saturated rings. The van der Waals surface area contributed by atoms with Crippen molar-refractivity contribution >= 4 is 11.9 Å². The number of hydrogen-bond donors (Lipinski definition) is 1. The molecule has 1 N–H and O–H groups in total. The predicted molar refractivity (Wildman–Crippen MR) is 71.6 cm³/mol. The molecule has 0 spiro atoms. The van der Waals surface area contributed by atoms with Crippen molar-refractivity contribution in [3.8, 4) is 0 Å². The van der Waals surface area contributed by atoms with Gasteiger partial charge in [-0.05, 0) is 18.3 Å². The largest absolute Gasteiger partial charge is 0.460 e. The molecule has 5 heteroatoms. The van der Waals surface area contributed by atoms with Crippen LogP contribution in [0.15, 0.2) is 0 Å². The topological polar surface area (TPSA) is 64.6 Å². The fourth-order valence-electron chi connectivity index (χ4n) is 2.27. The summed E-state index contributed by atoms with van der Waals surface area (Å²) >= 11 is 0. The lowest BCUT2D eigenvalue weighted by Crippen LogP contribution is -2.30. The zero-order valence-corrected chi connectivity index (χ0v) is 12.1. The maximum absolute atomic E-state index is 11.8. The van der Waals surface area contributed by atoms with Crippen LogP contribution in [0, 0.1) is 11.8 Å². The monoisotopic (exact) mass is 271 g/mol. The van der Waals surface area contributed by atoms with E-state index in [1.165, 1.54) is 6.92 Å². The number of nitrogens with one attached hydrogen (secondary N) is 1. The second-order valence-electron chi connectivity index (χ2n) is 5.61.